The molecule has 0 heterocycles. The molecule has 1 rings (SSSR count). The van der Waals surface area contributed by atoms with Gasteiger partial charge in [-0.05, 0) is 31.0 Å². The fourth-order valence-corrected chi connectivity index (χ4v) is 1.99. The zero-order valence-electron chi connectivity index (χ0n) is 11.2. The first-order chi connectivity index (χ1) is 8.10. The number of aliphatic hydroxyl groups is 1. The van der Waals surface area contributed by atoms with Crippen molar-refractivity contribution in [3.63, 3.8) is 0 Å². The highest BCUT2D eigenvalue weighted by molar-refractivity contribution is 5.30. The third-order valence-corrected chi connectivity index (χ3v) is 3.23. The molecule has 0 saturated carbocycles. The lowest BCUT2D eigenvalue weighted by atomic mass is 9.90. The van der Waals surface area contributed by atoms with E-state index in [9.17, 15) is 5.11 Å². The summed E-state index contributed by atoms with van der Waals surface area (Å²) in [5, 5.41) is 10.4. The molecule has 0 aliphatic carbocycles. The molecule has 1 N–H and O–H groups in total. The van der Waals surface area contributed by atoms with Gasteiger partial charge in [0.15, 0.2) is 0 Å². The van der Waals surface area contributed by atoms with E-state index in [4.69, 9.17) is 4.74 Å². The van der Waals surface area contributed by atoms with Gasteiger partial charge in [0.05, 0.1) is 12.7 Å². The number of rotatable bonds is 7. The number of methoxy groups -OCH3 is 1. The molecule has 1 atom stereocenters. The number of benzene rings is 1. The van der Waals surface area contributed by atoms with Crippen molar-refractivity contribution in [1.82, 2.24) is 0 Å². The van der Waals surface area contributed by atoms with Crippen molar-refractivity contribution in [3.8, 4) is 5.75 Å². The molecule has 0 radical (unpaired) electrons. The SMILES string of the molecule is CCCCCCC(C)(O)c1ccc(OC)cc1. The Labute approximate surface area is 105 Å². The van der Waals surface area contributed by atoms with Gasteiger partial charge < -0.3 is 9.84 Å². The zero-order chi connectivity index (χ0) is 12.7. The monoisotopic (exact) mass is 236 g/mol. The third-order valence-electron chi connectivity index (χ3n) is 3.23. The normalized spacial score (nSPS) is 14.4. The molecule has 0 aromatic heterocycles. The van der Waals surface area contributed by atoms with Crippen molar-refractivity contribution in [2.75, 3.05) is 7.11 Å². The van der Waals surface area contributed by atoms with Gasteiger partial charge >= 0.3 is 0 Å². The molecular formula is C15H24O2. The quantitative estimate of drug-likeness (QED) is 0.728. The summed E-state index contributed by atoms with van der Waals surface area (Å²) in [7, 11) is 1.65. The van der Waals surface area contributed by atoms with Crippen LogP contribution in [-0.2, 0) is 5.60 Å². The minimum atomic E-state index is -0.722. The van der Waals surface area contributed by atoms with Crippen molar-refractivity contribution in [3.05, 3.63) is 29.8 Å². The average Bonchev–Trinajstić information content (AvgIpc) is 2.35. The van der Waals surface area contributed by atoms with E-state index in [-0.39, 0.29) is 0 Å². The first-order valence-corrected chi connectivity index (χ1v) is 6.47. The Bertz CT molecular complexity index is 314. The van der Waals surface area contributed by atoms with Gasteiger partial charge in [-0.2, -0.15) is 0 Å². The molecule has 0 aliphatic heterocycles. The molecule has 0 fully saturated rings. The largest absolute Gasteiger partial charge is 0.497 e. The van der Waals surface area contributed by atoms with Crippen molar-refractivity contribution >= 4 is 0 Å². The summed E-state index contributed by atoms with van der Waals surface area (Å²) in [4.78, 5) is 0. The van der Waals surface area contributed by atoms with Crippen LogP contribution < -0.4 is 4.74 Å². The summed E-state index contributed by atoms with van der Waals surface area (Å²) in [6.45, 7) is 4.09. The predicted octanol–water partition coefficient (Wildman–Crippen LogP) is 3.87. The summed E-state index contributed by atoms with van der Waals surface area (Å²) in [6.07, 6.45) is 5.57. The number of hydrogen-bond donors (Lipinski definition) is 1. The number of unbranched alkanes of at least 4 members (excludes halogenated alkanes) is 3. The highest BCUT2D eigenvalue weighted by atomic mass is 16.5. The molecule has 2 nitrogen and oxygen atoms in total. The van der Waals surface area contributed by atoms with E-state index in [1.807, 2.05) is 31.2 Å². The maximum atomic E-state index is 10.4. The second-order valence-corrected chi connectivity index (χ2v) is 4.81. The van der Waals surface area contributed by atoms with Crippen LogP contribution in [0.25, 0.3) is 0 Å². The van der Waals surface area contributed by atoms with Crippen LogP contribution in [0.1, 0.15) is 51.5 Å². The minimum Gasteiger partial charge on any atom is -0.497 e. The molecule has 17 heavy (non-hydrogen) atoms. The Hall–Kier alpha value is -1.02. The molecule has 0 aliphatic rings. The molecule has 96 valence electrons. The van der Waals surface area contributed by atoms with Gasteiger partial charge in [0.2, 0.25) is 0 Å². The van der Waals surface area contributed by atoms with Gasteiger partial charge in [0, 0.05) is 0 Å². The number of hydrogen-bond acceptors (Lipinski definition) is 2. The fraction of sp³-hybridized carbons (Fsp3) is 0.600. The highest BCUT2D eigenvalue weighted by Crippen LogP contribution is 2.28. The number of ether oxygens (including phenoxy) is 1. The summed E-state index contributed by atoms with van der Waals surface area (Å²) in [6, 6.07) is 7.68. The molecule has 0 amide bonds. The lowest BCUT2D eigenvalue weighted by Gasteiger charge is -2.24. The van der Waals surface area contributed by atoms with Gasteiger partial charge in [-0.15, -0.1) is 0 Å². The van der Waals surface area contributed by atoms with Crippen LogP contribution in [-0.4, -0.2) is 12.2 Å². The van der Waals surface area contributed by atoms with Gasteiger partial charge in [0.25, 0.3) is 0 Å². The molecule has 0 spiro atoms. The lowest BCUT2D eigenvalue weighted by Crippen LogP contribution is -2.20. The average molecular weight is 236 g/mol. The van der Waals surface area contributed by atoms with E-state index in [1.165, 1.54) is 19.3 Å². The second kappa shape index (κ2) is 6.65. The fourth-order valence-electron chi connectivity index (χ4n) is 1.99. The van der Waals surface area contributed by atoms with E-state index in [2.05, 4.69) is 6.92 Å². The van der Waals surface area contributed by atoms with Gasteiger partial charge in [-0.1, -0.05) is 44.7 Å². The highest BCUT2D eigenvalue weighted by Gasteiger charge is 2.22. The first-order valence-electron chi connectivity index (χ1n) is 6.47. The molecule has 1 aromatic rings. The third kappa shape index (κ3) is 4.39. The van der Waals surface area contributed by atoms with Crippen LogP contribution in [0.3, 0.4) is 0 Å². The van der Waals surface area contributed by atoms with Gasteiger partial charge in [-0.3, -0.25) is 0 Å². The standard InChI is InChI=1S/C15H24O2/c1-4-5-6-7-12-15(2,16)13-8-10-14(17-3)11-9-13/h8-11,16H,4-7,12H2,1-3H3. The van der Waals surface area contributed by atoms with E-state index in [0.717, 1.165) is 24.2 Å². The Balaban J connectivity index is 2.55. The minimum absolute atomic E-state index is 0.722. The van der Waals surface area contributed by atoms with E-state index < -0.39 is 5.60 Å². The van der Waals surface area contributed by atoms with Gasteiger partial charge in [0.1, 0.15) is 5.75 Å². The Morgan fingerprint density at radius 1 is 1.12 bits per heavy atom. The Kier molecular flexibility index (Phi) is 5.49. The van der Waals surface area contributed by atoms with Crippen LogP contribution in [0, 0.1) is 0 Å². The summed E-state index contributed by atoms with van der Waals surface area (Å²) in [5.74, 6) is 0.829. The van der Waals surface area contributed by atoms with Crippen LogP contribution in [0.2, 0.25) is 0 Å². The van der Waals surface area contributed by atoms with Crippen molar-refractivity contribution in [2.45, 2.75) is 51.6 Å². The van der Waals surface area contributed by atoms with Crippen LogP contribution in [0.4, 0.5) is 0 Å². The van der Waals surface area contributed by atoms with Gasteiger partial charge in [-0.25, -0.2) is 0 Å². The maximum absolute atomic E-state index is 10.4. The van der Waals surface area contributed by atoms with Crippen LogP contribution in [0.15, 0.2) is 24.3 Å². The van der Waals surface area contributed by atoms with Crippen molar-refractivity contribution in [1.29, 1.82) is 0 Å². The van der Waals surface area contributed by atoms with Crippen LogP contribution >= 0.6 is 0 Å². The van der Waals surface area contributed by atoms with E-state index in [0.29, 0.717) is 0 Å². The summed E-state index contributed by atoms with van der Waals surface area (Å²) >= 11 is 0. The van der Waals surface area contributed by atoms with Crippen LogP contribution in [0.5, 0.6) is 5.75 Å². The Morgan fingerprint density at radius 2 is 1.76 bits per heavy atom. The van der Waals surface area contributed by atoms with Crippen molar-refractivity contribution < 1.29 is 9.84 Å². The predicted molar refractivity (Wildman–Crippen MR) is 71.3 cm³/mol. The van der Waals surface area contributed by atoms with E-state index >= 15 is 0 Å². The van der Waals surface area contributed by atoms with E-state index in [1.54, 1.807) is 7.11 Å². The maximum Gasteiger partial charge on any atom is 0.118 e. The topological polar surface area (TPSA) is 29.5 Å². The molecule has 2 heteroatoms. The second-order valence-electron chi connectivity index (χ2n) is 4.81. The smallest absolute Gasteiger partial charge is 0.118 e. The molecule has 0 saturated heterocycles. The molecule has 0 bridgehead atoms. The molecule has 1 aromatic carbocycles. The molecular weight excluding hydrogens is 212 g/mol. The Morgan fingerprint density at radius 3 is 2.29 bits per heavy atom. The zero-order valence-corrected chi connectivity index (χ0v) is 11.2. The molecule has 1 unspecified atom stereocenters. The summed E-state index contributed by atoms with van der Waals surface area (Å²) < 4.78 is 5.11. The van der Waals surface area contributed by atoms with Crippen molar-refractivity contribution in [2.24, 2.45) is 0 Å². The summed E-state index contributed by atoms with van der Waals surface area (Å²) in [5.41, 5.74) is 0.245. The lowest BCUT2D eigenvalue weighted by molar-refractivity contribution is 0.0448. The first kappa shape index (κ1) is 14.0.